The molecule has 2 aromatic rings. The van der Waals surface area contributed by atoms with Crippen molar-refractivity contribution in [3.05, 3.63) is 61.2 Å². The maximum atomic E-state index is 10.7. The lowest BCUT2D eigenvalue weighted by molar-refractivity contribution is -0.0510. The molecule has 10 heteroatoms. The summed E-state index contributed by atoms with van der Waals surface area (Å²) >= 11 is 0. The van der Waals surface area contributed by atoms with Crippen molar-refractivity contribution in [1.29, 1.82) is 0 Å². The molecule has 0 saturated carbocycles. The van der Waals surface area contributed by atoms with Gasteiger partial charge in [0.15, 0.2) is 0 Å². The van der Waals surface area contributed by atoms with Gasteiger partial charge in [0.1, 0.15) is 0 Å². The van der Waals surface area contributed by atoms with Crippen LogP contribution in [-0.4, -0.2) is 28.4 Å². The van der Waals surface area contributed by atoms with E-state index in [4.69, 9.17) is 13.0 Å². The highest BCUT2D eigenvalue weighted by Crippen LogP contribution is 2.20. The van der Waals surface area contributed by atoms with Gasteiger partial charge >= 0.3 is 15.6 Å². The van der Waals surface area contributed by atoms with E-state index in [2.05, 4.69) is 9.97 Å². The molecule has 0 fully saturated rings. The van der Waals surface area contributed by atoms with E-state index in [9.17, 15) is 13.2 Å². The summed E-state index contributed by atoms with van der Waals surface area (Å²) in [5.41, 5.74) is -5.53. The Hall–Kier alpha value is -2.07. The van der Waals surface area contributed by atoms with E-state index < -0.39 is 15.6 Å². The Balaban J connectivity index is 0. The second-order valence-corrected chi connectivity index (χ2v) is 4.38. The number of aromatic nitrogens is 2. The third-order valence-electron chi connectivity index (χ3n) is 1.43. The molecule has 0 radical (unpaired) electrons. The zero-order valence-electron chi connectivity index (χ0n) is 10.4. The van der Waals surface area contributed by atoms with E-state index in [0.717, 1.165) is 0 Å². The van der Waals surface area contributed by atoms with Gasteiger partial charge in [0.05, 0.1) is 0 Å². The van der Waals surface area contributed by atoms with Crippen molar-refractivity contribution in [1.82, 2.24) is 9.97 Å². The number of hydrogen-bond acceptors (Lipinski definition) is 4. The zero-order valence-corrected chi connectivity index (χ0v) is 11.2. The van der Waals surface area contributed by atoms with Crippen LogP contribution in [0.15, 0.2) is 61.2 Å². The van der Waals surface area contributed by atoms with E-state index in [1.54, 1.807) is 24.8 Å². The van der Waals surface area contributed by atoms with E-state index >= 15 is 0 Å². The van der Waals surface area contributed by atoms with Gasteiger partial charge in [0.2, 0.25) is 0 Å². The molecule has 118 valence electrons. The van der Waals surface area contributed by atoms with E-state index in [-0.39, 0.29) is 4.70 Å². The van der Waals surface area contributed by atoms with E-state index in [1.165, 1.54) is 0 Å². The van der Waals surface area contributed by atoms with E-state index in [1.807, 2.05) is 36.4 Å². The Bertz CT molecular complexity index is 466. The molecule has 0 bridgehead atoms. The Labute approximate surface area is 118 Å². The molecule has 0 unspecified atom stereocenters. The minimum atomic E-state index is -5.84. The maximum absolute atomic E-state index is 10.7. The smallest absolute Gasteiger partial charge is 0.279 e. The van der Waals surface area contributed by atoms with Crippen LogP contribution in [0.2, 0.25) is 0 Å². The number of alkyl halides is 3. The highest BCUT2D eigenvalue weighted by molar-refractivity contribution is 7.86. The quantitative estimate of drug-likeness (QED) is 0.457. The molecule has 1 N–H and O–H groups in total. The van der Waals surface area contributed by atoms with Gasteiger partial charge in [0.25, 0.3) is 0 Å². The number of pyridine rings is 2. The highest BCUT2D eigenvalue weighted by atomic mass is 32.2. The van der Waals surface area contributed by atoms with Crippen molar-refractivity contribution in [2.75, 3.05) is 0 Å². The van der Waals surface area contributed by atoms with E-state index in [0.29, 0.717) is 0 Å². The SMILES string of the molecule is F.O=S(=O)(O)C(F)(F)F.c1ccncc1.c1ccncc1. The Morgan fingerprint density at radius 1 is 0.762 bits per heavy atom. The molecular weight excluding hydrogens is 316 g/mol. The van der Waals surface area contributed by atoms with Gasteiger partial charge in [-0.25, -0.2) is 0 Å². The van der Waals surface area contributed by atoms with Crippen LogP contribution in [-0.2, 0) is 10.1 Å². The average Bonchev–Trinajstić information content (AvgIpc) is 2.42. The molecular formula is C11H12F4N2O3S. The van der Waals surface area contributed by atoms with Gasteiger partial charge < -0.3 is 0 Å². The molecule has 0 aliphatic carbocycles. The molecule has 0 spiro atoms. The first-order valence-electron chi connectivity index (χ1n) is 4.99. The molecule has 2 aromatic heterocycles. The van der Waals surface area contributed by atoms with Crippen molar-refractivity contribution in [3.8, 4) is 0 Å². The van der Waals surface area contributed by atoms with Gasteiger partial charge in [-0.1, -0.05) is 12.1 Å². The van der Waals surface area contributed by atoms with Gasteiger partial charge in [-0.15, -0.1) is 0 Å². The molecule has 0 aliphatic rings. The van der Waals surface area contributed by atoms with Crippen LogP contribution in [0.1, 0.15) is 0 Å². The van der Waals surface area contributed by atoms with Gasteiger partial charge in [-0.05, 0) is 24.3 Å². The Morgan fingerprint density at radius 2 is 1.00 bits per heavy atom. The minimum Gasteiger partial charge on any atom is -0.279 e. The summed E-state index contributed by atoms with van der Waals surface area (Å²) in [7, 11) is -5.84. The first-order chi connectivity index (χ1) is 9.25. The van der Waals surface area contributed by atoms with Crippen molar-refractivity contribution in [2.45, 2.75) is 5.51 Å². The molecule has 0 atom stereocenters. The van der Waals surface area contributed by atoms with Crippen LogP contribution in [0.4, 0.5) is 17.9 Å². The fraction of sp³-hybridized carbons (Fsp3) is 0.0909. The fourth-order valence-corrected chi connectivity index (χ4v) is 0.625. The zero-order chi connectivity index (χ0) is 15.5. The van der Waals surface area contributed by atoms with Crippen LogP contribution in [0.3, 0.4) is 0 Å². The lowest BCUT2D eigenvalue weighted by atomic mass is 10.5. The van der Waals surface area contributed by atoms with Crippen LogP contribution in [0.5, 0.6) is 0 Å². The molecule has 2 heterocycles. The molecule has 21 heavy (non-hydrogen) atoms. The van der Waals surface area contributed by atoms with Crippen molar-refractivity contribution >= 4 is 10.1 Å². The third kappa shape index (κ3) is 12.7. The van der Waals surface area contributed by atoms with Crippen molar-refractivity contribution in [2.24, 2.45) is 0 Å². The van der Waals surface area contributed by atoms with Gasteiger partial charge in [-0.3, -0.25) is 19.2 Å². The highest BCUT2D eigenvalue weighted by Gasteiger charge is 2.44. The molecule has 2 rings (SSSR count). The monoisotopic (exact) mass is 328 g/mol. The van der Waals surface area contributed by atoms with Crippen LogP contribution in [0, 0.1) is 0 Å². The second kappa shape index (κ2) is 10.7. The number of rotatable bonds is 0. The van der Waals surface area contributed by atoms with Gasteiger partial charge in [0, 0.05) is 24.8 Å². The standard InChI is InChI=1S/2C5H5N.CHF3O3S.FH/c2*1-2-4-6-5-3-1;2-1(3,4)8(5,6)7;/h2*1-5H;(H,5,6,7);1H. The minimum absolute atomic E-state index is 0. The van der Waals surface area contributed by atoms with Crippen molar-refractivity contribution in [3.63, 3.8) is 0 Å². The predicted molar refractivity (Wildman–Crippen MR) is 68.6 cm³/mol. The summed E-state index contributed by atoms with van der Waals surface area (Å²) in [5.74, 6) is 0. The second-order valence-electron chi connectivity index (χ2n) is 2.97. The first-order valence-corrected chi connectivity index (χ1v) is 6.43. The lowest BCUT2D eigenvalue weighted by Gasteiger charge is -1.97. The topological polar surface area (TPSA) is 80.2 Å². The summed E-state index contributed by atoms with van der Waals surface area (Å²) in [6.07, 6.45) is 7.00. The normalized spacial score (nSPS) is 9.90. The average molecular weight is 328 g/mol. The molecule has 0 aromatic carbocycles. The van der Waals surface area contributed by atoms with Crippen molar-refractivity contribution < 1.29 is 30.8 Å². The number of nitrogens with zero attached hydrogens (tertiary/aromatic N) is 2. The lowest BCUT2D eigenvalue weighted by Crippen LogP contribution is -2.21. The molecule has 0 amide bonds. The molecule has 0 aliphatic heterocycles. The first kappa shape index (κ1) is 21.2. The van der Waals surface area contributed by atoms with Gasteiger partial charge in [-0.2, -0.15) is 21.6 Å². The molecule has 0 saturated heterocycles. The fourth-order valence-electron chi connectivity index (χ4n) is 0.625. The van der Waals surface area contributed by atoms with Crippen LogP contribution < -0.4 is 0 Å². The summed E-state index contributed by atoms with van der Waals surface area (Å²) < 4.78 is 57.5. The van der Waals surface area contributed by atoms with Crippen LogP contribution >= 0.6 is 0 Å². The largest absolute Gasteiger partial charge is 0.522 e. The number of hydrogen-bond donors (Lipinski definition) is 1. The summed E-state index contributed by atoms with van der Waals surface area (Å²) in [6.45, 7) is 0. The maximum Gasteiger partial charge on any atom is 0.522 e. The summed E-state index contributed by atoms with van der Waals surface area (Å²) in [5, 5.41) is 0. The Morgan fingerprint density at radius 3 is 1.05 bits per heavy atom. The van der Waals surface area contributed by atoms with Crippen LogP contribution in [0.25, 0.3) is 0 Å². The summed E-state index contributed by atoms with van der Waals surface area (Å²) in [4.78, 5) is 7.57. The third-order valence-corrected chi connectivity index (χ3v) is 2.01. The number of halogens is 4. The molecule has 5 nitrogen and oxygen atoms in total. The Kier molecular flexibility index (Phi) is 10.8. The summed E-state index contributed by atoms with van der Waals surface area (Å²) in [6, 6.07) is 11.4. The predicted octanol–water partition coefficient (Wildman–Crippen LogP) is 2.71.